The molecule has 0 atom stereocenters. The van der Waals surface area contributed by atoms with Gasteiger partial charge >= 0.3 is 0 Å². The van der Waals surface area contributed by atoms with Gasteiger partial charge in [0.2, 0.25) is 5.91 Å². The predicted molar refractivity (Wildman–Crippen MR) is 66.4 cm³/mol. The maximum Gasteiger partial charge on any atom is 0.234 e. The average molecular weight is 231 g/mol. The third-order valence-electron chi connectivity index (χ3n) is 2.32. The highest BCUT2D eigenvalue weighted by molar-refractivity contribution is 5.78. The second kappa shape index (κ2) is 7.42. The summed E-state index contributed by atoms with van der Waals surface area (Å²) < 4.78 is 0. The van der Waals surface area contributed by atoms with Gasteiger partial charge in [-0.1, -0.05) is 29.8 Å². The Balaban J connectivity index is 2.16. The molecule has 0 spiro atoms. The molecule has 0 aliphatic heterocycles. The Hall–Kier alpha value is -1.86. The number of nitrogens with one attached hydrogen (secondary N) is 2. The van der Waals surface area contributed by atoms with Gasteiger partial charge in [0, 0.05) is 0 Å². The van der Waals surface area contributed by atoms with E-state index in [0.717, 1.165) is 13.0 Å². The number of nitrogens with zero attached hydrogens (tertiary/aromatic N) is 1. The Morgan fingerprint density at radius 1 is 1.47 bits per heavy atom. The smallest absolute Gasteiger partial charge is 0.234 e. The Labute approximate surface area is 102 Å². The van der Waals surface area contributed by atoms with Crippen LogP contribution in [0.1, 0.15) is 11.1 Å². The van der Waals surface area contributed by atoms with Crippen LogP contribution in [0.4, 0.5) is 0 Å². The SMILES string of the molecule is Cc1cccc(CCNCC(=O)NCC#N)c1. The second-order valence-corrected chi connectivity index (χ2v) is 3.85. The van der Waals surface area contributed by atoms with Gasteiger partial charge in [0.15, 0.2) is 0 Å². The highest BCUT2D eigenvalue weighted by Gasteiger charge is 1.99. The summed E-state index contributed by atoms with van der Waals surface area (Å²) in [5.41, 5.74) is 2.50. The molecule has 1 amide bonds. The van der Waals surface area contributed by atoms with Gasteiger partial charge in [0.05, 0.1) is 12.6 Å². The first-order chi connectivity index (χ1) is 8.22. The number of aryl methyl sites for hydroxylation is 1. The molecule has 0 unspecified atom stereocenters. The fourth-order valence-corrected chi connectivity index (χ4v) is 1.50. The minimum atomic E-state index is -0.143. The van der Waals surface area contributed by atoms with Crippen LogP contribution in [0, 0.1) is 18.3 Å². The van der Waals surface area contributed by atoms with Crippen molar-refractivity contribution in [2.75, 3.05) is 19.6 Å². The first-order valence-corrected chi connectivity index (χ1v) is 5.62. The molecule has 1 aromatic carbocycles. The molecule has 90 valence electrons. The van der Waals surface area contributed by atoms with E-state index in [4.69, 9.17) is 5.26 Å². The van der Waals surface area contributed by atoms with Crippen LogP contribution >= 0.6 is 0 Å². The molecule has 0 radical (unpaired) electrons. The van der Waals surface area contributed by atoms with Crippen molar-refractivity contribution in [1.29, 1.82) is 5.26 Å². The van der Waals surface area contributed by atoms with Gasteiger partial charge < -0.3 is 10.6 Å². The van der Waals surface area contributed by atoms with Gasteiger partial charge in [-0.15, -0.1) is 0 Å². The van der Waals surface area contributed by atoms with E-state index in [-0.39, 0.29) is 19.0 Å². The first kappa shape index (κ1) is 13.2. The summed E-state index contributed by atoms with van der Waals surface area (Å²) in [5.74, 6) is -0.143. The van der Waals surface area contributed by atoms with Crippen molar-refractivity contribution in [3.05, 3.63) is 35.4 Å². The van der Waals surface area contributed by atoms with E-state index >= 15 is 0 Å². The molecule has 0 bridgehead atoms. The van der Waals surface area contributed by atoms with Gasteiger partial charge in [-0.05, 0) is 25.5 Å². The van der Waals surface area contributed by atoms with E-state index in [0.29, 0.717) is 0 Å². The third kappa shape index (κ3) is 5.69. The van der Waals surface area contributed by atoms with Crippen LogP contribution in [-0.4, -0.2) is 25.5 Å². The standard InChI is InChI=1S/C13H17N3O/c1-11-3-2-4-12(9-11)5-7-15-10-13(17)16-8-6-14/h2-4,9,15H,5,7-8,10H2,1H3,(H,16,17). The normalized spacial score (nSPS) is 9.65. The van der Waals surface area contributed by atoms with Gasteiger partial charge in [-0.2, -0.15) is 5.26 Å². The number of benzene rings is 1. The van der Waals surface area contributed by atoms with E-state index < -0.39 is 0 Å². The molecule has 4 nitrogen and oxygen atoms in total. The van der Waals surface area contributed by atoms with Crippen LogP contribution in [0.3, 0.4) is 0 Å². The molecule has 0 saturated carbocycles. The fraction of sp³-hybridized carbons (Fsp3) is 0.385. The van der Waals surface area contributed by atoms with E-state index in [1.54, 1.807) is 0 Å². The first-order valence-electron chi connectivity index (χ1n) is 5.62. The molecule has 2 N–H and O–H groups in total. The largest absolute Gasteiger partial charge is 0.342 e. The second-order valence-electron chi connectivity index (χ2n) is 3.85. The topological polar surface area (TPSA) is 64.9 Å². The summed E-state index contributed by atoms with van der Waals surface area (Å²) in [7, 11) is 0. The number of nitriles is 1. The van der Waals surface area contributed by atoms with Crippen LogP contribution in [-0.2, 0) is 11.2 Å². The molecule has 1 aromatic rings. The lowest BCUT2D eigenvalue weighted by molar-refractivity contribution is -0.120. The number of carbonyl (C=O) groups is 1. The molecule has 1 rings (SSSR count). The molecule has 0 fully saturated rings. The Morgan fingerprint density at radius 3 is 3.00 bits per heavy atom. The van der Waals surface area contributed by atoms with Crippen LogP contribution in [0.15, 0.2) is 24.3 Å². The highest BCUT2D eigenvalue weighted by Crippen LogP contribution is 2.03. The summed E-state index contributed by atoms with van der Waals surface area (Å²) in [4.78, 5) is 11.1. The van der Waals surface area contributed by atoms with E-state index in [9.17, 15) is 4.79 Å². The van der Waals surface area contributed by atoms with Crippen LogP contribution in [0.25, 0.3) is 0 Å². The van der Waals surface area contributed by atoms with Crippen LogP contribution in [0.5, 0.6) is 0 Å². The summed E-state index contributed by atoms with van der Waals surface area (Å²) >= 11 is 0. The summed E-state index contributed by atoms with van der Waals surface area (Å²) in [6.45, 7) is 3.14. The van der Waals surface area contributed by atoms with E-state index in [1.165, 1.54) is 11.1 Å². The zero-order valence-electron chi connectivity index (χ0n) is 9.99. The lowest BCUT2D eigenvalue weighted by atomic mass is 10.1. The zero-order chi connectivity index (χ0) is 12.5. The van der Waals surface area contributed by atoms with Gasteiger partial charge in [0.25, 0.3) is 0 Å². The Kier molecular flexibility index (Phi) is 5.76. The maximum absolute atomic E-state index is 11.1. The van der Waals surface area contributed by atoms with Crippen molar-refractivity contribution in [3.8, 4) is 6.07 Å². The average Bonchev–Trinajstić information content (AvgIpc) is 2.32. The highest BCUT2D eigenvalue weighted by atomic mass is 16.1. The molecule has 0 heterocycles. The molecule has 0 aromatic heterocycles. The van der Waals surface area contributed by atoms with Crippen molar-refractivity contribution < 1.29 is 4.79 Å². The number of carbonyl (C=O) groups excluding carboxylic acids is 1. The van der Waals surface area contributed by atoms with Crippen molar-refractivity contribution >= 4 is 5.91 Å². The maximum atomic E-state index is 11.1. The molecule has 17 heavy (non-hydrogen) atoms. The summed E-state index contributed by atoms with van der Waals surface area (Å²) in [5, 5.41) is 13.8. The van der Waals surface area contributed by atoms with Gasteiger partial charge in [0.1, 0.15) is 6.54 Å². The molecular formula is C13H17N3O. The molecule has 0 aliphatic carbocycles. The fourth-order valence-electron chi connectivity index (χ4n) is 1.50. The number of hydrogen-bond acceptors (Lipinski definition) is 3. The summed E-state index contributed by atoms with van der Waals surface area (Å²) in [6.07, 6.45) is 0.896. The van der Waals surface area contributed by atoms with Crippen LogP contribution < -0.4 is 10.6 Å². The van der Waals surface area contributed by atoms with Gasteiger partial charge in [-0.25, -0.2) is 0 Å². The zero-order valence-corrected chi connectivity index (χ0v) is 9.99. The minimum absolute atomic E-state index is 0.0679. The Morgan fingerprint density at radius 2 is 2.29 bits per heavy atom. The Bertz CT molecular complexity index is 409. The van der Waals surface area contributed by atoms with Crippen molar-refractivity contribution in [2.45, 2.75) is 13.3 Å². The third-order valence-corrected chi connectivity index (χ3v) is 2.32. The minimum Gasteiger partial charge on any atom is -0.342 e. The molecule has 4 heteroatoms. The molecular weight excluding hydrogens is 214 g/mol. The van der Waals surface area contributed by atoms with E-state index in [2.05, 4.69) is 35.8 Å². The van der Waals surface area contributed by atoms with Crippen molar-refractivity contribution in [3.63, 3.8) is 0 Å². The van der Waals surface area contributed by atoms with Crippen LogP contribution in [0.2, 0.25) is 0 Å². The summed E-state index contributed by atoms with van der Waals surface area (Å²) in [6, 6.07) is 10.2. The molecule has 0 saturated heterocycles. The number of amides is 1. The monoisotopic (exact) mass is 231 g/mol. The molecule has 0 aliphatic rings. The predicted octanol–water partition coefficient (Wildman–Crippen LogP) is 0.767. The number of rotatable bonds is 6. The lowest BCUT2D eigenvalue weighted by Crippen LogP contribution is -2.34. The number of hydrogen-bond donors (Lipinski definition) is 2. The van der Waals surface area contributed by atoms with Crippen molar-refractivity contribution in [1.82, 2.24) is 10.6 Å². The quantitative estimate of drug-likeness (QED) is 0.561. The van der Waals surface area contributed by atoms with Gasteiger partial charge in [-0.3, -0.25) is 4.79 Å². The van der Waals surface area contributed by atoms with E-state index in [1.807, 2.05) is 12.1 Å². The lowest BCUT2D eigenvalue weighted by Gasteiger charge is -2.05. The van der Waals surface area contributed by atoms with Crippen molar-refractivity contribution in [2.24, 2.45) is 0 Å².